The van der Waals surface area contributed by atoms with Crippen LogP contribution in [0.25, 0.3) is 10.9 Å². The molecular weight excluding hydrogens is 328 g/mol. The number of aromatic nitrogens is 2. The Labute approximate surface area is 142 Å². The van der Waals surface area contributed by atoms with Crippen molar-refractivity contribution < 1.29 is 13.6 Å². The van der Waals surface area contributed by atoms with Crippen LogP contribution >= 0.6 is 0 Å². The first-order valence-corrected chi connectivity index (χ1v) is 7.59. The smallest absolute Gasteiger partial charge is 0.257 e. The van der Waals surface area contributed by atoms with E-state index in [0.717, 1.165) is 0 Å². The summed E-state index contributed by atoms with van der Waals surface area (Å²) in [5.74, 6) is -0.649. The molecule has 2 aromatic carbocycles. The van der Waals surface area contributed by atoms with E-state index in [1.54, 1.807) is 6.07 Å². The summed E-state index contributed by atoms with van der Waals surface area (Å²) in [6.07, 6.45) is 0. The molecule has 1 amide bonds. The number of carbonyl (C=O) groups excluding carboxylic acids is 1. The molecule has 6 nitrogen and oxygen atoms in total. The minimum Gasteiger partial charge on any atom is -0.309 e. The minimum absolute atomic E-state index is 0.189. The van der Waals surface area contributed by atoms with Gasteiger partial charge in [-0.25, -0.2) is 8.78 Å². The monoisotopic (exact) mass is 343 g/mol. The molecule has 0 spiro atoms. The molecule has 3 aromatic rings. The zero-order chi connectivity index (χ0) is 17.8. The Balaban J connectivity index is 1.80. The SMILES string of the molecule is CCN=C(NC(=O)c1ccc(F)cc1)Nc1n[nH]c2cc(F)ccc12. The summed E-state index contributed by atoms with van der Waals surface area (Å²) in [6, 6.07) is 9.37. The van der Waals surface area contributed by atoms with E-state index in [1.807, 2.05) is 6.92 Å². The van der Waals surface area contributed by atoms with Crippen molar-refractivity contribution in [3.8, 4) is 0 Å². The van der Waals surface area contributed by atoms with E-state index < -0.39 is 11.7 Å². The van der Waals surface area contributed by atoms with E-state index in [2.05, 4.69) is 25.8 Å². The van der Waals surface area contributed by atoms with Gasteiger partial charge in [0, 0.05) is 17.5 Å². The average molecular weight is 343 g/mol. The first kappa shape index (κ1) is 16.6. The Kier molecular flexibility index (Phi) is 4.69. The summed E-state index contributed by atoms with van der Waals surface area (Å²) >= 11 is 0. The fraction of sp³-hybridized carbons (Fsp3) is 0.118. The van der Waals surface area contributed by atoms with Crippen LogP contribution in [-0.4, -0.2) is 28.6 Å². The van der Waals surface area contributed by atoms with Crippen LogP contribution in [0, 0.1) is 11.6 Å². The number of benzene rings is 2. The maximum atomic E-state index is 13.2. The first-order valence-electron chi connectivity index (χ1n) is 7.59. The van der Waals surface area contributed by atoms with Crippen molar-refractivity contribution in [2.75, 3.05) is 11.9 Å². The number of fused-ring (bicyclic) bond motifs is 1. The van der Waals surface area contributed by atoms with E-state index in [0.29, 0.717) is 28.8 Å². The second-order valence-corrected chi connectivity index (χ2v) is 5.17. The van der Waals surface area contributed by atoms with Gasteiger partial charge in [-0.2, -0.15) is 5.10 Å². The summed E-state index contributed by atoms with van der Waals surface area (Å²) in [5, 5.41) is 13.0. The van der Waals surface area contributed by atoms with Crippen molar-refractivity contribution >= 4 is 28.6 Å². The molecular formula is C17H15F2N5O. The molecule has 1 heterocycles. The molecule has 8 heteroatoms. The zero-order valence-electron chi connectivity index (χ0n) is 13.3. The number of aliphatic imine (C=N–C) groups is 1. The van der Waals surface area contributed by atoms with Crippen molar-refractivity contribution in [3.63, 3.8) is 0 Å². The van der Waals surface area contributed by atoms with Gasteiger partial charge in [0.05, 0.1) is 5.52 Å². The topological polar surface area (TPSA) is 82.2 Å². The lowest BCUT2D eigenvalue weighted by Crippen LogP contribution is -2.36. The number of hydrogen-bond donors (Lipinski definition) is 3. The molecule has 0 aliphatic heterocycles. The largest absolute Gasteiger partial charge is 0.309 e. The fourth-order valence-corrected chi connectivity index (χ4v) is 2.25. The number of halogens is 2. The quantitative estimate of drug-likeness (QED) is 0.505. The van der Waals surface area contributed by atoms with Gasteiger partial charge in [0.1, 0.15) is 11.6 Å². The number of carbonyl (C=O) groups is 1. The Morgan fingerprint density at radius 1 is 1.16 bits per heavy atom. The van der Waals surface area contributed by atoms with Crippen LogP contribution in [0.1, 0.15) is 17.3 Å². The van der Waals surface area contributed by atoms with Gasteiger partial charge in [-0.15, -0.1) is 0 Å². The maximum absolute atomic E-state index is 13.2. The number of nitrogens with one attached hydrogen (secondary N) is 3. The first-order chi connectivity index (χ1) is 12.1. The van der Waals surface area contributed by atoms with Gasteiger partial charge < -0.3 is 5.32 Å². The number of aromatic amines is 1. The van der Waals surface area contributed by atoms with Gasteiger partial charge in [-0.1, -0.05) is 0 Å². The van der Waals surface area contributed by atoms with Gasteiger partial charge in [0.2, 0.25) is 5.96 Å². The van der Waals surface area contributed by atoms with Crippen molar-refractivity contribution in [1.29, 1.82) is 0 Å². The van der Waals surface area contributed by atoms with Crippen molar-refractivity contribution in [2.45, 2.75) is 6.92 Å². The molecule has 0 aliphatic rings. The third-order valence-corrected chi connectivity index (χ3v) is 3.42. The lowest BCUT2D eigenvalue weighted by atomic mass is 10.2. The van der Waals surface area contributed by atoms with Crippen molar-refractivity contribution in [1.82, 2.24) is 15.5 Å². The van der Waals surface area contributed by atoms with Crippen LogP contribution in [0.5, 0.6) is 0 Å². The Hall–Kier alpha value is -3.29. The van der Waals surface area contributed by atoms with Gasteiger partial charge in [-0.3, -0.25) is 20.2 Å². The number of amides is 1. The summed E-state index contributed by atoms with van der Waals surface area (Å²) in [4.78, 5) is 16.4. The highest BCUT2D eigenvalue weighted by molar-refractivity contribution is 6.11. The molecule has 0 bridgehead atoms. The molecule has 0 fully saturated rings. The summed E-state index contributed by atoms with van der Waals surface area (Å²) < 4.78 is 26.2. The van der Waals surface area contributed by atoms with Crippen LogP contribution in [0.2, 0.25) is 0 Å². The van der Waals surface area contributed by atoms with E-state index >= 15 is 0 Å². The second-order valence-electron chi connectivity index (χ2n) is 5.17. The Bertz CT molecular complexity index is 934. The highest BCUT2D eigenvalue weighted by Gasteiger charge is 2.12. The van der Waals surface area contributed by atoms with E-state index in [-0.39, 0.29) is 11.8 Å². The van der Waals surface area contributed by atoms with Crippen LogP contribution < -0.4 is 10.6 Å². The molecule has 128 valence electrons. The van der Waals surface area contributed by atoms with Crippen LogP contribution in [0.3, 0.4) is 0 Å². The highest BCUT2D eigenvalue weighted by atomic mass is 19.1. The molecule has 0 unspecified atom stereocenters. The Morgan fingerprint density at radius 2 is 1.88 bits per heavy atom. The number of H-pyrrole nitrogens is 1. The van der Waals surface area contributed by atoms with Gasteiger partial charge in [0.15, 0.2) is 5.82 Å². The van der Waals surface area contributed by atoms with Crippen LogP contribution in [0.4, 0.5) is 14.6 Å². The minimum atomic E-state index is -0.439. The summed E-state index contributed by atoms with van der Waals surface area (Å²) in [5.41, 5.74) is 0.809. The number of anilines is 1. The van der Waals surface area contributed by atoms with Gasteiger partial charge >= 0.3 is 0 Å². The van der Waals surface area contributed by atoms with E-state index in [9.17, 15) is 13.6 Å². The number of guanidine groups is 1. The molecule has 0 atom stereocenters. The van der Waals surface area contributed by atoms with Crippen LogP contribution in [-0.2, 0) is 0 Å². The van der Waals surface area contributed by atoms with Crippen molar-refractivity contribution in [3.05, 3.63) is 59.7 Å². The number of nitrogens with zero attached hydrogens (tertiary/aromatic N) is 2. The molecule has 0 aliphatic carbocycles. The highest BCUT2D eigenvalue weighted by Crippen LogP contribution is 2.20. The third-order valence-electron chi connectivity index (χ3n) is 3.42. The molecule has 0 saturated heterocycles. The zero-order valence-corrected chi connectivity index (χ0v) is 13.3. The van der Waals surface area contributed by atoms with Gasteiger partial charge in [-0.05, 0) is 49.4 Å². The van der Waals surface area contributed by atoms with Gasteiger partial charge in [0.25, 0.3) is 5.91 Å². The second kappa shape index (κ2) is 7.08. The standard InChI is InChI=1S/C17H15F2N5O/c1-2-20-17(22-16(25)10-3-5-11(18)6-4-10)21-15-13-8-7-12(19)9-14(13)23-24-15/h3-9H,2H2,1H3,(H3,20,21,22,23,24,25). The average Bonchev–Trinajstić information content (AvgIpc) is 2.97. The van der Waals surface area contributed by atoms with E-state index in [4.69, 9.17) is 0 Å². The lowest BCUT2D eigenvalue weighted by molar-refractivity contribution is 0.0977. The molecule has 3 rings (SSSR count). The van der Waals surface area contributed by atoms with E-state index in [1.165, 1.54) is 36.4 Å². The fourth-order valence-electron chi connectivity index (χ4n) is 2.25. The predicted molar refractivity (Wildman–Crippen MR) is 91.5 cm³/mol. The van der Waals surface area contributed by atoms with Crippen LogP contribution in [0.15, 0.2) is 47.5 Å². The normalized spacial score (nSPS) is 11.6. The molecule has 1 aromatic heterocycles. The number of rotatable bonds is 3. The third kappa shape index (κ3) is 3.79. The molecule has 3 N–H and O–H groups in total. The Morgan fingerprint density at radius 3 is 2.60 bits per heavy atom. The maximum Gasteiger partial charge on any atom is 0.257 e. The molecule has 25 heavy (non-hydrogen) atoms. The molecule has 0 radical (unpaired) electrons. The molecule has 0 saturated carbocycles. The summed E-state index contributed by atoms with van der Waals surface area (Å²) in [6.45, 7) is 2.23. The van der Waals surface area contributed by atoms with Crippen molar-refractivity contribution in [2.24, 2.45) is 4.99 Å². The number of hydrogen-bond acceptors (Lipinski definition) is 3. The lowest BCUT2D eigenvalue weighted by Gasteiger charge is -2.10. The predicted octanol–water partition coefficient (Wildman–Crippen LogP) is 3.06. The summed E-state index contributed by atoms with van der Waals surface area (Å²) in [7, 11) is 0.